The predicted octanol–water partition coefficient (Wildman–Crippen LogP) is 1.44. The van der Waals surface area contributed by atoms with E-state index < -0.39 is 5.97 Å². The van der Waals surface area contributed by atoms with Gasteiger partial charge in [0.1, 0.15) is 12.1 Å². The van der Waals surface area contributed by atoms with E-state index in [1.165, 1.54) is 0 Å². The van der Waals surface area contributed by atoms with Crippen LogP contribution in [0.1, 0.15) is 25.7 Å². The van der Waals surface area contributed by atoms with Crippen LogP contribution in [-0.4, -0.2) is 43.9 Å². The molecule has 2 aromatic heterocycles. The Morgan fingerprint density at radius 2 is 2.33 bits per heavy atom. The Morgan fingerprint density at radius 1 is 1.48 bits per heavy atom. The lowest BCUT2D eigenvalue weighted by Crippen LogP contribution is -2.36. The van der Waals surface area contributed by atoms with Gasteiger partial charge in [-0.15, -0.1) is 0 Å². The summed E-state index contributed by atoms with van der Waals surface area (Å²) < 4.78 is 1.74. The molecule has 0 saturated carbocycles. The van der Waals surface area contributed by atoms with E-state index in [-0.39, 0.29) is 6.42 Å². The predicted molar refractivity (Wildman–Crippen MR) is 78.1 cm³/mol. The van der Waals surface area contributed by atoms with Gasteiger partial charge in [0.05, 0.1) is 11.6 Å². The van der Waals surface area contributed by atoms with Crippen LogP contribution in [0, 0.1) is 5.92 Å². The summed E-state index contributed by atoms with van der Waals surface area (Å²) in [7, 11) is 1.87. The second kappa shape index (κ2) is 5.67. The van der Waals surface area contributed by atoms with Gasteiger partial charge in [0.25, 0.3) is 0 Å². The van der Waals surface area contributed by atoms with Gasteiger partial charge in [-0.25, -0.2) is 9.97 Å². The maximum absolute atomic E-state index is 10.7. The number of carboxylic acids is 1. The molecule has 1 atom stereocenters. The molecule has 1 fully saturated rings. The second-order valence-electron chi connectivity index (χ2n) is 5.59. The average Bonchev–Trinajstić information content (AvgIpc) is 2.87. The van der Waals surface area contributed by atoms with E-state index in [9.17, 15) is 4.79 Å². The zero-order valence-corrected chi connectivity index (χ0v) is 12.1. The molecule has 0 aromatic carbocycles. The van der Waals surface area contributed by atoms with Crippen LogP contribution >= 0.6 is 0 Å². The van der Waals surface area contributed by atoms with Crippen LogP contribution in [-0.2, 0) is 11.8 Å². The van der Waals surface area contributed by atoms with Crippen LogP contribution in [0.25, 0.3) is 11.0 Å². The molecule has 1 N–H and O–H groups in total. The third-order valence-corrected chi connectivity index (χ3v) is 4.09. The molecule has 0 radical (unpaired) electrons. The standard InChI is InChI=1S/C14H19N5O2/c1-18-13-11(7-17-18)14(16-9-15-13)19-6-2-3-10(8-19)4-5-12(20)21/h7,9-10H,2-6,8H2,1H3,(H,20,21). The minimum absolute atomic E-state index is 0.241. The molecule has 7 nitrogen and oxygen atoms in total. The van der Waals surface area contributed by atoms with E-state index in [2.05, 4.69) is 20.0 Å². The average molecular weight is 289 g/mol. The first-order valence-corrected chi connectivity index (χ1v) is 7.24. The van der Waals surface area contributed by atoms with Crippen molar-refractivity contribution in [2.45, 2.75) is 25.7 Å². The Kier molecular flexibility index (Phi) is 3.72. The molecule has 0 amide bonds. The fourth-order valence-corrected chi connectivity index (χ4v) is 3.02. The van der Waals surface area contributed by atoms with Crippen LogP contribution in [0.5, 0.6) is 0 Å². The topological polar surface area (TPSA) is 84.1 Å². The normalized spacial score (nSPS) is 19.1. The summed E-state index contributed by atoms with van der Waals surface area (Å²) in [5.41, 5.74) is 0.827. The fourth-order valence-electron chi connectivity index (χ4n) is 3.02. The molecule has 1 aliphatic rings. The lowest BCUT2D eigenvalue weighted by atomic mass is 9.93. The summed E-state index contributed by atoms with van der Waals surface area (Å²) >= 11 is 0. The van der Waals surface area contributed by atoms with Gasteiger partial charge >= 0.3 is 5.97 Å². The number of fused-ring (bicyclic) bond motifs is 1. The van der Waals surface area contributed by atoms with E-state index in [4.69, 9.17) is 5.11 Å². The molecule has 0 bridgehead atoms. The third-order valence-electron chi connectivity index (χ3n) is 4.09. The molecule has 1 aliphatic heterocycles. The minimum atomic E-state index is -0.719. The summed E-state index contributed by atoms with van der Waals surface area (Å²) in [4.78, 5) is 21.6. The molecule has 112 valence electrons. The molecule has 1 unspecified atom stereocenters. The summed E-state index contributed by atoms with van der Waals surface area (Å²) in [5.74, 6) is 0.605. The summed E-state index contributed by atoms with van der Waals surface area (Å²) in [6.07, 6.45) is 6.49. The van der Waals surface area contributed by atoms with Gasteiger partial charge in [-0.3, -0.25) is 9.48 Å². The molecule has 3 rings (SSSR count). The molecule has 3 heterocycles. The van der Waals surface area contributed by atoms with Crippen LogP contribution in [0.2, 0.25) is 0 Å². The third kappa shape index (κ3) is 2.81. The Hall–Kier alpha value is -2.18. The van der Waals surface area contributed by atoms with E-state index >= 15 is 0 Å². The Labute approximate surface area is 122 Å². The van der Waals surface area contributed by atoms with Gasteiger partial charge in [0.2, 0.25) is 0 Å². The summed E-state index contributed by atoms with van der Waals surface area (Å²) in [6, 6.07) is 0. The van der Waals surface area contributed by atoms with Crippen molar-refractivity contribution in [3.8, 4) is 0 Å². The number of hydrogen-bond acceptors (Lipinski definition) is 5. The maximum Gasteiger partial charge on any atom is 0.303 e. The fraction of sp³-hybridized carbons (Fsp3) is 0.571. The molecule has 2 aromatic rings. The van der Waals surface area contributed by atoms with Crippen molar-refractivity contribution >= 4 is 22.8 Å². The number of piperidine rings is 1. The molecule has 0 spiro atoms. The number of aromatic nitrogens is 4. The number of rotatable bonds is 4. The maximum atomic E-state index is 10.7. The highest BCUT2D eigenvalue weighted by molar-refractivity contribution is 5.86. The number of carbonyl (C=O) groups is 1. The van der Waals surface area contributed by atoms with Crippen molar-refractivity contribution in [3.63, 3.8) is 0 Å². The van der Waals surface area contributed by atoms with Crippen LogP contribution in [0.3, 0.4) is 0 Å². The van der Waals surface area contributed by atoms with Crippen molar-refractivity contribution < 1.29 is 9.90 Å². The van der Waals surface area contributed by atoms with Gasteiger partial charge in [-0.2, -0.15) is 5.10 Å². The smallest absolute Gasteiger partial charge is 0.303 e. The zero-order valence-electron chi connectivity index (χ0n) is 12.1. The van der Waals surface area contributed by atoms with Crippen molar-refractivity contribution in [3.05, 3.63) is 12.5 Å². The highest BCUT2D eigenvalue weighted by Crippen LogP contribution is 2.28. The first-order valence-electron chi connectivity index (χ1n) is 7.24. The minimum Gasteiger partial charge on any atom is -0.481 e. The highest BCUT2D eigenvalue weighted by atomic mass is 16.4. The van der Waals surface area contributed by atoms with Crippen LogP contribution in [0.15, 0.2) is 12.5 Å². The number of anilines is 1. The SMILES string of the molecule is Cn1ncc2c(N3CCCC(CCC(=O)O)C3)ncnc21. The van der Waals surface area contributed by atoms with Gasteiger partial charge in [0, 0.05) is 26.6 Å². The number of nitrogens with zero attached hydrogens (tertiary/aromatic N) is 5. The lowest BCUT2D eigenvalue weighted by molar-refractivity contribution is -0.137. The first-order chi connectivity index (χ1) is 10.1. The van der Waals surface area contributed by atoms with Gasteiger partial charge in [0.15, 0.2) is 5.65 Å². The van der Waals surface area contributed by atoms with Crippen molar-refractivity contribution in [2.75, 3.05) is 18.0 Å². The number of aliphatic carboxylic acids is 1. The highest BCUT2D eigenvalue weighted by Gasteiger charge is 2.23. The van der Waals surface area contributed by atoms with E-state index in [1.54, 1.807) is 17.2 Å². The molecule has 0 aliphatic carbocycles. The van der Waals surface area contributed by atoms with Gasteiger partial charge in [-0.05, 0) is 25.2 Å². The van der Waals surface area contributed by atoms with Gasteiger partial charge < -0.3 is 10.0 Å². The summed E-state index contributed by atoms with van der Waals surface area (Å²) in [5, 5.41) is 14.0. The lowest BCUT2D eigenvalue weighted by Gasteiger charge is -2.33. The molecular formula is C14H19N5O2. The van der Waals surface area contributed by atoms with Gasteiger partial charge in [-0.1, -0.05) is 0 Å². The number of carboxylic acid groups (broad SMARTS) is 1. The molecule has 1 saturated heterocycles. The Morgan fingerprint density at radius 3 is 3.14 bits per heavy atom. The molecule has 7 heteroatoms. The Balaban J connectivity index is 1.80. The largest absolute Gasteiger partial charge is 0.481 e. The van der Waals surface area contributed by atoms with Crippen LogP contribution in [0.4, 0.5) is 5.82 Å². The zero-order chi connectivity index (χ0) is 14.8. The monoisotopic (exact) mass is 289 g/mol. The van der Waals surface area contributed by atoms with Crippen molar-refractivity contribution in [1.82, 2.24) is 19.7 Å². The number of aryl methyl sites for hydroxylation is 1. The van der Waals surface area contributed by atoms with Crippen LogP contribution < -0.4 is 4.90 Å². The van der Waals surface area contributed by atoms with E-state index in [1.807, 2.05) is 7.05 Å². The first kappa shape index (κ1) is 13.8. The van der Waals surface area contributed by atoms with Crippen molar-refractivity contribution in [1.29, 1.82) is 0 Å². The molecular weight excluding hydrogens is 270 g/mol. The molecule has 21 heavy (non-hydrogen) atoms. The Bertz CT molecular complexity index is 654. The summed E-state index contributed by atoms with van der Waals surface area (Å²) in [6.45, 7) is 1.80. The van der Waals surface area contributed by atoms with E-state index in [0.29, 0.717) is 5.92 Å². The number of hydrogen-bond donors (Lipinski definition) is 1. The van der Waals surface area contributed by atoms with Crippen molar-refractivity contribution in [2.24, 2.45) is 13.0 Å². The van der Waals surface area contributed by atoms with E-state index in [0.717, 1.165) is 49.2 Å². The second-order valence-corrected chi connectivity index (χ2v) is 5.59. The quantitative estimate of drug-likeness (QED) is 0.917.